The van der Waals surface area contributed by atoms with Crippen LogP contribution in [-0.4, -0.2) is 36.6 Å². The minimum absolute atomic E-state index is 0.158. The standard InChI is InChI=1S/C21H20N6O2S/c1-13-4-5-17(10-14(13)2)27-20(16-6-8-22-9-7-16)24-25-21(27)30-12-19(28)23-18-11-15(3)29-26-18/h4-11H,12H2,1-3H3,(H,23,26,28). The molecule has 4 aromatic rings. The van der Waals surface area contributed by atoms with Gasteiger partial charge in [-0.25, -0.2) is 0 Å². The van der Waals surface area contributed by atoms with Gasteiger partial charge in [0.05, 0.1) is 11.4 Å². The topological polar surface area (TPSA) is 98.7 Å². The molecule has 0 bridgehead atoms. The molecule has 1 aromatic carbocycles. The fourth-order valence-electron chi connectivity index (χ4n) is 2.88. The number of aryl methyl sites for hydroxylation is 3. The number of hydrogen-bond acceptors (Lipinski definition) is 7. The Kier molecular flexibility index (Phi) is 5.62. The predicted octanol–water partition coefficient (Wildman–Crippen LogP) is 3.97. The van der Waals surface area contributed by atoms with Crippen molar-refractivity contribution < 1.29 is 9.32 Å². The number of carbonyl (C=O) groups excluding carboxylic acids is 1. The van der Waals surface area contributed by atoms with Gasteiger partial charge in [0.25, 0.3) is 0 Å². The molecule has 0 aliphatic heterocycles. The van der Waals surface area contributed by atoms with E-state index in [-0.39, 0.29) is 11.7 Å². The average molecular weight is 420 g/mol. The number of nitrogens with one attached hydrogen (secondary N) is 1. The molecule has 0 unspecified atom stereocenters. The SMILES string of the molecule is Cc1cc(NC(=O)CSc2nnc(-c3ccncc3)n2-c2ccc(C)c(C)c2)no1. The Bertz CT molecular complexity index is 1190. The summed E-state index contributed by atoms with van der Waals surface area (Å²) >= 11 is 1.30. The van der Waals surface area contributed by atoms with Crippen molar-refractivity contribution in [3.8, 4) is 17.1 Å². The van der Waals surface area contributed by atoms with Crippen LogP contribution in [0.25, 0.3) is 17.1 Å². The Hall–Kier alpha value is -3.46. The predicted molar refractivity (Wildman–Crippen MR) is 115 cm³/mol. The molecule has 30 heavy (non-hydrogen) atoms. The Morgan fingerprint density at radius 2 is 1.87 bits per heavy atom. The summed E-state index contributed by atoms with van der Waals surface area (Å²) in [6.45, 7) is 5.90. The normalized spacial score (nSPS) is 10.9. The number of anilines is 1. The number of amides is 1. The van der Waals surface area contributed by atoms with Crippen molar-refractivity contribution in [3.63, 3.8) is 0 Å². The Morgan fingerprint density at radius 1 is 1.07 bits per heavy atom. The zero-order chi connectivity index (χ0) is 21.1. The number of rotatable bonds is 6. The number of hydrogen-bond donors (Lipinski definition) is 1. The van der Waals surface area contributed by atoms with Crippen LogP contribution in [0.4, 0.5) is 5.82 Å². The van der Waals surface area contributed by atoms with E-state index in [1.807, 2.05) is 22.8 Å². The Balaban J connectivity index is 1.63. The summed E-state index contributed by atoms with van der Waals surface area (Å²) in [7, 11) is 0. The highest BCUT2D eigenvalue weighted by Gasteiger charge is 2.18. The molecule has 8 nitrogen and oxygen atoms in total. The summed E-state index contributed by atoms with van der Waals surface area (Å²) in [6.07, 6.45) is 3.43. The second-order valence-corrected chi connectivity index (χ2v) is 7.75. The largest absolute Gasteiger partial charge is 0.360 e. The van der Waals surface area contributed by atoms with Gasteiger partial charge in [-0.1, -0.05) is 23.0 Å². The number of carbonyl (C=O) groups is 1. The molecule has 0 saturated carbocycles. The lowest BCUT2D eigenvalue weighted by Gasteiger charge is -2.12. The quantitative estimate of drug-likeness (QED) is 0.471. The molecule has 3 aromatic heterocycles. The number of aromatic nitrogens is 5. The molecule has 0 atom stereocenters. The first-order valence-electron chi connectivity index (χ1n) is 9.30. The van der Waals surface area contributed by atoms with Crippen LogP contribution in [0, 0.1) is 20.8 Å². The van der Waals surface area contributed by atoms with Crippen LogP contribution in [0.5, 0.6) is 0 Å². The fraction of sp³-hybridized carbons (Fsp3) is 0.190. The van der Waals surface area contributed by atoms with Gasteiger partial charge in [-0.3, -0.25) is 14.3 Å². The van der Waals surface area contributed by atoms with E-state index >= 15 is 0 Å². The monoisotopic (exact) mass is 420 g/mol. The molecule has 4 rings (SSSR count). The van der Waals surface area contributed by atoms with Crippen LogP contribution in [0.15, 0.2) is 58.5 Å². The fourth-order valence-corrected chi connectivity index (χ4v) is 3.64. The van der Waals surface area contributed by atoms with Gasteiger partial charge in [0.1, 0.15) is 5.76 Å². The van der Waals surface area contributed by atoms with Gasteiger partial charge in [0.2, 0.25) is 5.91 Å². The van der Waals surface area contributed by atoms with Crippen molar-refractivity contribution in [3.05, 3.63) is 65.7 Å². The smallest absolute Gasteiger partial charge is 0.236 e. The first kappa shape index (κ1) is 19.8. The van der Waals surface area contributed by atoms with Crippen molar-refractivity contribution in [1.82, 2.24) is 24.9 Å². The van der Waals surface area contributed by atoms with Crippen LogP contribution in [0.1, 0.15) is 16.9 Å². The lowest BCUT2D eigenvalue weighted by Crippen LogP contribution is -2.14. The molecule has 9 heteroatoms. The zero-order valence-corrected chi connectivity index (χ0v) is 17.6. The molecule has 1 N–H and O–H groups in total. The van der Waals surface area contributed by atoms with E-state index in [4.69, 9.17) is 4.52 Å². The highest BCUT2D eigenvalue weighted by Crippen LogP contribution is 2.28. The lowest BCUT2D eigenvalue weighted by molar-refractivity contribution is -0.113. The lowest BCUT2D eigenvalue weighted by atomic mass is 10.1. The van der Waals surface area contributed by atoms with Crippen molar-refractivity contribution in [2.75, 3.05) is 11.1 Å². The number of thioether (sulfide) groups is 1. The van der Waals surface area contributed by atoms with Gasteiger partial charge in [0, 0.05) is 24.0 Å². The summed E-state index contributed by atoms with van der Waals surface area (Å²) < 4.78 is 6.93. The third kappa shape index (κ3) is 4.25. The molecular weight excluding hydrogens is 400 g/mol. The maximum atomic E-state index is 12.3. The van der Waals surface area contributed by atoms with Gasteiger partial charge in [-0.05, 0) is 56.2 Å². The number of benzene rings is 1. The van der Waals surface area contributed by atoms with E-state index in [9.17, 15) is 4.79 Å². The van der Waals surface area contributed by atoms with Gasteiger partial charge in [-0.15, -0.1) is 10.2 Å². The van der Waals surface area contributed by atoms with Crippen LogP contribution >= 0.6 is 11.8 Å². The second kappa shape index (κ2) is 8.50. The first-order chi connectivity index (χ1) is 14.5. The van der Waals surface area contributed by atoms with Crippen LogP contribution in [0.2, 0.25) is 0 Å². The number of nitrogens with zero attached hydrogens (tertiary/aromatic N) is 5. The maximum absolute atomic E-state index is 12.3. The van der Waals surface area contributed by atoms with Crippen LogP contribution in [-0.2, 0) is 4.79 Å². The second-order valence-electron chi connectivity index (χ2n) is 6.81. The molecule has 152 valence electrons. The van der Waals surface area contributed by atoms with E-state index < -0.39 is 0 Å². The molecule has 0 spiro atoms. The van der Waals surface area contributed by atoms with E-state index in [1.165, 1.54) is 17.3 Å². The van der Waals surface area contributed by atoms with Gasteiger partial charge in [0.15, 0.2) is 16.8 Å². The molecule has 0 saturated heterocycles. The molecule has 0 aliphatic rings. The van der Waals surface area contributed by atoms with Gasteiger partial charge < -0.3 is 9.84 Å². The van der Waals surface area contributed by atoms with Gasteiger partial charge in [-0.2, -0.15) is 0 Å². The van der Waals surface area contributed by atoms with E-state index in [2.05, 4.69) is 51.6 Å². The summed E-state index contributed by atoms with van der Waals surface area (Å²) in [6, 6.07) is 11.6. The van der Waals surface area contributed by atoms with Crippen molar-refractivity contribution in [1.29, 1.82) is 0 Å². The molecule has 0 radical (unpaired) electrons. The van der Waals surface area contributed by atoms with Crippen molar-refractivity contribution in [2.45, 2.75) is 25.9 Å². The molecule has 1 amide bonds. The summed E-state index contributed by atoms with van der Waals surface area (Å²) in [4.78, 5) is 16.4. The van der Waals surface area contributed by atoms with E-state index in [0.717, 1.165) is 16.8 Å². The van der Waals surface area contributed by atoms with Crippen molar-refractivity contribution >= 4 is 23.5 Å². The third-order valence-electron chi connectivity index (χ3n) is 4.55. The minimum Gasteiger partial charge on any atom is -0.360 e. The highest BCUT2D eigenvalue weighted by atomic mass is 32.2. The molecule has 3 heterocycles. The molecule has 0 fully saturated rings. The summed E-state index contributed by atoms with van der Waals surface area (Å²) in [5.74, 6) is 1.68. The summed E-state index contributed by atoms with van der Waals surface area (Å²) in [5, 5.41) is 15.9. The van der Waals surface area contributed by atoms with Crippen LogP contribution < -0.4 is 5.32 Å². The van der Waals surface area contributed by atoms with Crippen molar-refractivity contribution in [2.24, 2.45) is 0 Å². The Morgan fingerprint density at radius 3 is 2.57 bits per heavy atom. The Labute approximate surface area is 177 Å². The molecular formula is C21H20N6O2S. The highest BCUT2D eigenvalue weighted by molar-refractivity contribution is 7.99. The first-order valence-corrected chi connectivity index (χ1v) is 10.3. The third-order valence-corrected chi connectivity index (χ3v) is 5.48. The van der Waals surface area contributed by atoms with Crippen LogP contribution in [0.3, 0.4) is 0 Å². The maximum Gasteiger partial charge on any atom is 0.236 e. The summed E-state index contributed by atoms with van der Waals surface area (Å²) in [5.41, 5.74) is 4.20. The van der Waals surface area contributed by atoms with E-state index in [0.29, 0.717) is 22.6 Å². The minimum atomic E-state index is -0.201. The number of pyridine rings is 1. The average Bonchev–Trinajstić information content (AvgIpc) is 3.35. The zero-order valence-electron chi connectivity index (χ0n) is 16.8. The molecule has 0 aliphatic carbocycles. The van der Waals surface area contributed by atoms with Gasteiger partial charge >= 0.3 is 0 Å². The van der Waals surface area contributed by atoms with E-state index in [1.54, 1.807) is 25.4 Å².